The first kappa shape index (κ1) is 20.9. The number of hydrogen-bond donors (Lipinski definition) is 0. The van der Waals surface area contributed by atoms with Crippen molar-refractivity contribution in [2.24, 2.45) is 0 Å². The third kappa shape index (κ3) is 3.65. The van der Waals surface area contributed by atoms with Crippen LogP contribution in [0.5, 0.6) is 0 Å². The average molecular weight is 450 g/mol. The number of rotatable bonds is 6. The molecule has 0 fully saturated rings. The quantitative estimate of drug-likeness (QED) is 0.175. The minimum Gasteiger partial charge on any atom is -0.318 e. The van der Waals surface area contributed by atoms with Gasteiger partial charge in [0, 0.05) is 11.8 Å². The monoisotopic (exact) mass is 449 g/mol. The summed E-state index contributed by atoms with van der Waals surface area (Å²) in [7, 11) is 0. The van der Waals surface area contributed by atoms with Gasteiger partial charge in [0.2, 0.25) is 0 Å². The van der Waals surface area contributed by atoms with Crippen LogP contribution in [0.1, 0.15) is 27.2 Å². The molecule has 5 aromatic rings. The summed E-state index contributed by atoms with van der Waals surface area (Å²) >= 11 is 6.01. The van der Waals surface area contributed by atoms with Crippen LogP contribution >= 0.6 is 11.6 Å². The molecule has 0 saturated carbocycles. The molecule has 5 rings (SSSR count). The fourth-order valence-corrected chi connectivity index (χ4v) is 4.54. The van der Waals surface area contributed by atoms with Crippen LogP contribution in [0.2, 0.25) is 5.15 Å². The second-order valence-corrected chi connectivity index (χ2v) is 8.05. The molecule has 0 amide bonds. The van der Waals surface area contributed by atoms with Gasteiger partial charge in [-0.15, -0.1) is 0 Å². The summed E-state index contributed by atoms with van der Waals surface area (Å²) in [5, 5.41) is 0.271. The van der Waals surface area contributed by atoms with Crippen molar-refractivity contribution in [2.75, 3.05) is 0 Å². The summed E-state index contributed by atoms with van der Waals surface area (Å²) in [5.74, 6) is 0. The Morgan fingerprint density at radius 3 is 1.73 bits per heavy atom. The molecule has 0 N–H and O–H groups in total. The molecule has 2 aromatic heterocycles. The highest BCUT2D eigenvalue weighted by Gasteiger charge is 2.38. The maximum absolute atomic E-state index is 11.7. The molecule has 5 heteroatoms. The molecule has 0 spiro atoms. The van der Waals surface area contributed by atoms with Crippen LogP contribution in [0.15, 0.2) is 116 Å². The number of halogens is 1. The van der Waals surface area contributed by atoms with Gasteiger partial charge in [-0.3, -0.25) is 4.79 Å². The van der Waals surface area contributed by atoms with Gasteiger partial charge in [-0.2, -0.15) is 0 Å². The SMILES string of the molecule is O=Cc1nc(Cl)ccc1-c1cn(C(c2ccccc2)(c2ccccc2)c2ccccc2)cn1. The van der Waals surface area contributed by atoms with Gasteiger partial charge in [0.25, 0.3) is 0 Å². The number of benzene rings is 3. The molecular weight excluding hydrogens is 430 g/mol. The summed E-state index contributed by atoms with van der Waals surface area (Å²) in [4.78, 5) is 20.5. The van der Waals surface area contributed by atoms with Crippen molar-refractivity contribution < 1.29 is 4.79 Å². The van der Waals surface area contributed by atoms with E-state index in [1.165, 1.54) is 0 Å². The number of carbonyl (C=O) groups is 1. The molecule has 3 aromatic carbocycles. The van der Waals surface area contributed by atoms with Gasteiger partial charge < -0.3 is 4.57 Å². The average Bonchev–Trinajstić information content (AvgIpc) is 3.36. The first-order chi connectivity index (χ1) is 16.2. The molecule has 0 atom stereocenters. The number of aromatic nitrogens is 3. The molecule has 0 radical (unpaired) electrons. The zero-order valence-corrected chi connectivity index (χ0v) is 18.4. The zero-order valence-electron chi connectivity index (χ0n) is 17.7. The number of nitrogens with zero attached hydrogens (tertiary/aromatic N) is 3. The normalized spacial score (nSPS) is 11.3. The highest BCUT2D eigenvalue weighted by atomic mass is 35.5. The van der Waals surface area contributed by atoms with E-state index in [1.807, 2.05) is 67.1 Å². The first-order valence-electron chi connectivity index (χ1n) is 10.6. The highest BCUT2D eigenvalue weighted by Crippen LogP contribution is 2.41. The van der Waals surface area contributed by atoms with Crippen LogP contribution in [-0.2, 0) is 5.54 Å². The number of carbonyl (C=O) groups excluding carboxylic acids is 1. The Balaban J connectivity index is 1.81. The molecule has 160 valence electrons. The van der Waals surface area contributed by atoms with E-state index in [0.717, 1.165) is 16.7 Å². The van der Waals surface area contributed by atoms with E-state index in [-0.39, 0.29) is 10.8 Å². The lowest BCUT2D eigenvalue weighted by Gasteiger charge is -2.37. The van der Waals surface area contributed by atoms with E-state index in [0.29, 0.717) is 17.5 Å². The Bertz CT molecular complexity index is 1290. The summed E-state index contributed by atoms with van der Waals surface area (Å²) in [5.41, 5.74) is 4.15. The van der Waals surface area contributed by atoms with Gasteiger partial charge in [0.15, 0.2) is 6.29 Å². The van der Waals surface area contributed by atoms with Crippen molar-refractivity contribution in [1.29, 1.82) is 0 Å². The molecule has 0 aliphatic heterocycles. The molecule has 0 aliphatic rings. The fraction of sp³-hybridized carbons (Fsp3) is 0.0357. The second kappa shape index (κ2) is 8.85. The van der Waals surface area contributed by atoms with Crippen molar-refractivity contribution in [2.45, 2.75) is 5.54 Å². The smallest absolute Gasteiger partial charge is 0.169 e. The molecule has 4 nitrogen and oxygen atoms in total. The zero-order chi connectivity index (χ0) is 22.7. The van der Waals surface area contributed by atoms with Crippen molar-refractivity contribution >= 4 is 17.9 Å². The first-order valence-corrected chi connectivity index (χ1v) is 10.9. The Kier molecular flexibility index (Phi) is 5.59. The van der Waals surface area contributed by atoms with E-state index in [2.05, 4.69) is 50.9 Å². The van der Waals surface area contributed by atoms with Crippen LogP contribution in [0, 0.1) is 0 Å². The molecule has 0 aliphatic carbocycles. The largest absolute Gasteiger partial charge is 0.318 e. The lowest BCUT2D eigenvalue weighted by Crippen LogP contribution is -2.36. The van der Waals surface area contributed by atoms with E-state index in [9.17, 15) is 4.79 Å². The van der Waals surface area contributed by atoms with Gasteiger partial charge in [-0.25, -0.2) is 9.97 Å². The number of aldehydes is 1. The van der Waals surface area contributed by atoms with Crippen molar-refractivity contribution in [3.63, 3.8) is 0 Å². The van der Waals surface area contributed by atoms with E-state index in [1.54, 1.807) is 12.1 Å². The lowest BCUT2D eigenvalue weighted by atomic mass is 9.77. The predicted molar refractivity (Wildman–Crippen MR) is 130 cm³/mol. The minimum atomic E-state index is -0.670. The standard InChI is InChI=1S/C28H20ClN3O/c29-27-17-16-24(26(19-33)31-27)25-18-32(20-30-25)28(21-10-4-1-5-11-21,22-12-6-2-7-13-22)23-14-8-3-9-15-23/h1-20H. The van der Waals surface area contributed by atoms with Crippen LogP contribution in [0.25, 0.3) is 11.3 Å². The Morgan fingerprint density at radius 2 is 1.24 bits per heavy atom. The third-order valence-corrected chi connectivity index (χ3v) is 6.03. The molecule has 0 saturated heterocycles. The van der Waals surface area contributed by atoms with E-state index < -0.39 is 5.54 Å². The molecular formula is C28H20ClN3O. The van der Waals surface area contributed by atoms with Gasteiger partial charge in [-0.05, 0) is 28.8 Å². The Hall–Kier alpha value is -4.02. The molecule has 2 heterocycles. The Morgan fingerprint density at radius 1 is 0.727 bits per heavy atom. The second-order valence-electron chi connectivity index (χ2n) is 7.66. The van der Waals surface area contributed by atoms with E-state index in [4.69, 9.17) is 11.6 Å². The van der Waals surface area contributed by atoms with Crippen molar-refractivity contribution in [3.05, 3.63) is 143 Å². The molecule has 0 bridgehead atoms. The van der Waals surface area contributed by atoms with Crippen LogP contribution < -0.4 is 0 Å². The van der Waals surface area contributed by atoms with Crippen LogP contribution in [-0.4, -0.2) is 20.8 Å². The predicted octanol–water partition coefficient (Wildman–Crippen LogP) is 6.25. The summed E-state index contributed by atoms with van der Waals surface area (Å²) in [6, 6.07) is 34.5. The number of hydrogen-bond acceptors (Lipinski definition) is 3. The maximum atomic E-state index is 11.7. The van der Waals surface area contributed by atoms with Crippen LogP contribution in [0.4, 0.5) is 0 Å². The third-order valence-electron chi connectivity index (χ3n) is 5.82. The van der Waals surface area contributed by atoms with Gasteiger partial charge in [-0.1, -0.05) is 103 Å². The van der Waals surface area contributed by atoms with Gasteiger partial charge >= 0.3 is 0 Å². The lowest BCUT2D eigenvalue weighted by molar-refractivity contribution is 0.111. The molecule has 0 unspecified atom stereocenters. The fourth-order valence-electron chi connectivity index (χ4n) is 4.39. The number of imidazole rings is 1. The topological polar surface area (TPSA) is 47.8 Å². The molecule has 33 heavy (non-hydrogen) atoms. The van der Waals surface area contributed by atoms with Crippen molar-refractivity contribution in [1.82, 2.24) is 14.5 Å². The summed E-state index contributed by atoms with van der Waals surface area (Å²) in [6.45, 7) is 0. The van der Waals surface area contributed by atoms with Crippen molar-refractivity contribution in [3.8, 4) is 11.3 Å². The maximum Gasteiger partial charge on any atom is 0.169 e. The highest BCUT2D eigenvalue weighted by molar-refractivity contribution is 6.29. The Labute approximate surface area is 197 Å². The van der Waals surface area contributed by atoms with E-state index >= 15 is 0 Å². The van der Waals surface area contributed by atoms with Crippen LogP contribution in [0.3, 0.4) is 0 Å². The summed E-state index contributed by atoms with van der Waals surface area (Å²) < 4.78 is 2.10. The number of pyridine rings is 1. The summed E-state index contributed by atoms with van der Waals surface area (Å²) in [6.07, 6.45) is 4.48. The van der Waals surface area contributed by atoms with Gasteiger partial charge in [0.1, 0.15) is 16.4 Å². The van der Waals surface area contributed by atoms with Gasteiger partial charge in [0.05, 0.1) is 12.0 Å². The minimum absolute atomic E-state index is 0.262.